The van der Waals surface area contributed by atoms with E-state index in [0.29, 0.717) is 0 Å². The highest BCUT2D eigenvalue weighted by Gasteiger charge is 2.35. The second-order valence-corrected chi connectivity index (χ2v) is 7.93. The van der Waals surface area contributed by atoms with Gasteiger partial charge in [0.15, 0.2) is 0 Å². The van der Waals surface area contributed by atoms with Crippen molar-refractivity contribution in [1.29, 1.82) is 0 Å². The third-order valence-electron chi connectivity index (χ3n) is 5.95. The summed E-state index contributed by atoms with van der Waals surface area (Å²) in [7, 11) is 0. The number of ether oxygens (including phenoxy) is 1. The first-order valence-electron chi connectivity index (χ1n) is 10.1. The molecule has 1 aromatic heterocycles. The molecule has 3 heteroatoms. The highest BCUT2D eigenvalue weighted by atomic mass is 16.5. The molecule has 0 amide bonds. The normalized spacial score (nSPS) is 19.8. The van der Waals surface area contributed by atoms with E-state index in [1.165, 1.54) is 22.4 Å². The van der Waals surface area contributed by atoms with Crippen LogP contribution in [0.2, 0.25) is 0 Å². The van der Waals surface area contributed by atoms with Crippen molar-refractivity contribution in [3.05, 3.63) is 89.3 Å². The zero-order chi connectivity index (χ0) is 19.6. The van der Waals surface area contributed by atoms with E-state index in [4.69, 9.17) is 4.74 Å². The Morgan fingerprint density at radius 2 is 1.75 bits per heavy atom. The van der Waals surface area contributed by atoms with E-state index in [9.17, 15) is 0 Å². The van der Waals surface area contributed by atoms with Gasteiger partial charge < -0.3 is 4.74 Å². The maximum Gasteiger partial charge on any atom is 0.0833 e. The third-order valence-corrected chi connectivity index (χ3v) is 5.95. The van der Waals surface area contributed by atoms with Crippen molar-refractivity contribution in [3.63, 3.8) is 0 Å². The number of hydrogen-bond acceptors (Lipinski definition) is 2. The molecule has 0 saturated heterocycles. The van der Waals surface area contributed by atoms with E-state index in [2.05, 4.69) is 91.2 Å². The van der Waals surface area contributed by atoms with E-state index in [0.717, 1.165) is 25.1 Å². The van der Waals surface area contributed by atoms with Gasteiger partial charge in [-0.25, -0.2) is 4.68 Å². The number of fused-ring (bicyclic) bond motifs is 1. The Bertz CT molecular complexity index is 959. The number of nitrogens with zero attached hydrogens (tertiary/aromatic N) is 2. The van der Waals surface area contributed by atoms with Crippen molar-refractivity contribution < 1.29 is 4.74 Å². The number of allylic oxidation sites excluding steroid dienone is 1. The SMILES string of the molecule is CCO[C@H](C[C@@]1(C)Cc2cnn(-c3ccccc3)c2C=C1C)c1ccccc1. The second kappa shape index (κ2) is 7.76. The molecule has 2 aromatic carbocycles. The molecule has 2 atom stereocenters. The van der Waals surface area contributed by atoms with Gasteiger partial charge in [0.05, 0.1) is 23.7 Å². The predicted octanol–water partition coefficient (Wildman–Crippen LogP) is 6.01. The lowest BCUT2D eigenvalue weighted by Crippen LogP contribution is -2.28. The van der Waals surface area contributed by atoms with Crippen LogP contribution in [-0.4, -0.2) is 16.4 Å². The zero-order valence-electron chi connectivity index (χ0n) is 16.9. The molecule has 0 saturated carbocycles. The largest absolute Gasteiger partial charge is 0.374 e. The van der Waals surface area contributed by atoms with Crippen LogP contribution in [0.25, 0.3) is 11.8 Å². The lowest BCUT2D eigenvalue weighted by Gasteiger charge is -2.37. The quantitative estimate of drug-likeness (QED) is 0.530. The standard InChI is InChI=1S/C25H28N2O/c1-4-28-24(20-11-7-5-8-12-20)17-25(3)16-21-18-26-27(23(21)15-19(25)2)22-13-9-6-10-14-22/h5-15,18,24H,4,16-17H2,1-3H3/t24-,25-/m1/s1. The highest BCUT2D eigenvalue weighted by molar-refractivity contribution is 5.60. The molecule has 3 nitrogen and oxygen atoms in total. The molecule has 144 valence electrons. The predicted molar refractivity (Wildman–Crippen MR) is 114 cm³/mol. The zero-order valence-corrected chi connectivity index (χ0v) is 16.9. The number of aromatic nitrogens is 2. The Labute approximate surface area is 167 Å². The van der Waals surface area contributed by atoms with Gasteiger partial charge in [0.25, 0.3) is 0 Å². The van der Waals surface area contributed by atoms with Crippen LogP contribution in [0.4, 0.5) is 0 Å². The summed E-state index contributed by atoms with van der Waals surface area (Å²) in [5.41, 5.74) is 6.30. The molecule has 4 rings (SSSR count). The van der Waals surface area contributed by atoms with E-state index >= 15 is 0 Å². The van der Waals surface area contributed by atoms with E-state index in [1.54, 1.807) is 0 Å². The van der Waals surface area contributed by atoms with Crippen LogP contribution in [0.3, 0.4) is 0 Å². The van der Waals surface area contributed by atoms with Gasteiger partial charge in [0.2, 0.25) is 0 Å². The van der Waals surface area contributed by atoms with Crippen LogP contribution in [0.15, 0.2) is 72.4 Å². The average molecular weight is 373 g/mol. The Morgan fingerprint density at radius 3 is 2.43 bits per heavy atom. The Morgan fingerprint density at radius 1 is 1.07 bits per heavy atom. The molecule has 0 fully saturated rings. The first-order chi connectivity index (χ1) is 13.6. The molecular formula is C25H28N2O. The Kier molecular flexibility index (Phi) is 5.19. The number of rotatable bonds is 6. The first-order valence-corrected chi connectivity index (χ1v) is 10.1. The minimum atomic E-state index is 0.0488. The van der Waals surface area contributed by atoms with Gasteiger partial charge in [-0.3, -0.25) is 0 Å². The van der Waals surface area contributed by atoms with E-state index in [1.807, 2.05) is 12.3 Å². The van der Waals surface area contributed by atoms with Crippen LogP contribution >= 0.6 is 0 Å². The molecule has 0 N–H and O–H groups in total. The summed E-state index contributed by atoms with van der Waals surface area (Å²) >= 11 is 0. The van der Waals surface area contributed by atoms with Crippen LogP contribution in [-0.2, 0) is 11.2 Å². The molecule has 1 heterocycles. The van der Waals surface area contributed by atoms with Crippen molar-refractivity contribution in [2.75, 3.05) is 6.61 Å². The van der Waals surface area contributed by atoms with Crippen molar-refractivity contribution in [3.8, 4) is 5.69 Å². The molecule has 0 radical (unpaired) electrons. The molecular weight excluding hydrogens is 344 g/mol. The smallest absolute Gasteiger partial charge is 0.0833 e. The van der Waals surface area contributed by atoms with Gasteiger partial charge in [-0.05, 0) is 61.4 Å². The van der Waals surface area contributed by atoms with Gasteiger partial charge in [0, 0.05) is 6.61 Å². The maximum atomic E-state index is 6.16. The summed E-state index contributed by atoms with van der Waals surface area (Å²) in [4.78, 5) is 0. The van der Waals surface area contributed by atoms with Gasteiger partial charge in [-0.15, -0.1) is 0 Å². The highest BCUT2D eigenvalue weighted by Crippen LogP contribution is 2.45. The first kappa shape index (κ1) is 18.7. The molecule has 0 aliphatic heterocycles. The van der Waals surface area contributed by atoms with Crippen LogP contribution in [0, 0.1) is 5.41 Å². The molecule has 0 bridgehead atoms. The fourth-order valence-electron chi connectivity index (χ4n) is 4.18. The van der Waals surface area contributed by atoms with Crippen molar-refractivity contribution in [1.82, 2.24) is 9.78 Å². The number of benzene rings is 2. The third kappa shape index (κ3) is 3.55. The second-order valence-electron chi connectivity index (χ2n) is 7.93. The summed E-state index contributed by atoms with van der Waals surface area (Å²) in [6, 6.07) is 20.9. The summed E-state index contributed by atoms with van der Waals surface area (Å²) in [5.74, 6) is 0. The number of para-hydroxylation sites is 1. The van der Waals surface area contributed by atoms with Crippen LogP contribution in [0.1, 0.15) is 50.1 Å². The summed E-state index contributed by atoms with van der Waals surface area (Å²) in [6.45, 7) is 7.40. The summed E-state index contributed by atoms with van der Waals surface area (Å²) in [5, 5.41) is 4.68. The van der Waals surface area contributed by atoms with E-state index < -0.39 is 0 Å². The lowest BCUT2D eigenvalue weighted by atomic mass is 9.70. The molecule has 28 heavy (non-hydrogen) atoms. The monoisotopic (exact) mass is 372 g/mol. The summed E-state index contributed by atoms with van der Waals surface area (Å²) < 4.78 is 8.21. The number of hydrogen-bond donors (Lipinski definition) is 0. The fourth-order valence-corrected chi connectivity index (χ4v) is 4.18. The van der Waals surface area contributed by atoms with Crippen molar-refractivity contribution in [2.45, 2.75) is 39.7 Å². The molecule has 3 aromatic rings. The van der Waals surface area contributed by atoms with Gasteiger partial charge >= 0.3 is 0 Å². The van der Waals surface area contributed by atoms with Crippen LogP contribution < -0.4 is 0 Å². The molecule has 1 aliphatic carbocycles. The minimum Gasteiger partial charge on any atom is -0.374 e. The van der Waals surface area contributed by atoms with Crippen molar-refractivity contribution in [2.24, 2.45) is 5.41 Å². The lowest BCUT2D eigenvalue weighted by molar-refractivity contribution is 0.0324. The van der Waals surface area contributed by atoms with Crippen molar-refractivity contribution >= 4 is 6.08 Å². The Hall–Kier alpha value is -2.65. The van der Waals surface area contributed by atoms with Crippen LogP contribution in [0.5, 0.6) is 0 Å². The van der Waals surface area contributed by atoms with Gasteiger partial charge in [-0.1, -0.05) is 61.0 Å². The Balaban J connectivity index is 1.64. The summed E-state index contributed by atoms with van der Waals surface area (Å²) in [6.07, 6.45) is 6.39. The van der Waals surface area contributed by atoms with Gasteiger partial charge in [-0.2, -0.15) is 5.10 Å². The maximum absolute atomic E-state index is 6.16. The molecule has 0 spiro atoms. The van der Waals surface area contributed by atoms with Gasteiger partial charge in [0.1, 0.15) is 0 Å². The average Bonchev–Trinajstić information content (AvgIpc) is 3.11. The fraction of sp³-hybridized carbons (Fsp3) is 0.320. The molecule has 0 unspecified atom stereocenters. The minimum absolute atomic E-state index is 0.0488. The molecule has 1 aliphatic rings. The van der Waals surface area contributed by atoms with E-state index in [-0.39, 0.29) is 11.5 Å². The topological polar surface area (TPSA) is 27.1 Å².